The van der Waals surface area contributed by atoms with Gasteiger partial charge >= 0.3 is 0 Å². The number of Topliss-reactive ketones (excluding diaryl/α,β-unsaturated/α-hetero) is 1. The molecular weight excluding hydrogens is 310 g/mol. The van der Waals surface area contributed by atoms with Gasteiger partial charge < -0.3 is 10.2 Å². The summed E-state index contributed by atoms with van der Waals surface area (Å²) in [5, 5.41) is 12.8. The third-order valence-corrected chi connectivity index (χ3v) is 5.00. The molecule has 0 aromatic heterocycles. The Labute approximate surface area is 147 Å². The molecule has 0 spiro atoms. The summed E-state index contributed by atoms with van der Waals surface area (Å²) in [5.41, 5.74) is 6.80. The molecule has 0 radical (unpaired) electrons. The summed E-state index contributed by atoms with van der Waals surface area (Å²) < 4.78 is 0. The van der Waals surface area contributed by atoms with Crippen molar-refractivity contribution in [2.24, 2.45) is 0 Å². The average molecular weight is 329 g/mol. The molecule has 2 aliphatic rings. The van der Waals surface area contributed by atoms with E-state index in [-0.39, 0.29) is 5.78 Å². The zero-order chi connectivity index (χ0) is 17.6. The maximum Gasteiger partial charge on any atom is 0.213 e. The molecule has 0 saturated heterocycles. The second-order valence-electron chi connectivity index (χ2n) is 6.62. The molecule has 0 bridgehead atoms. The Bertz CT molecular complexity index is 949. The molecule has 2 aromatic carbocycles. The van der Waals surface area contributed by atoms with Crippen molar-refractivity contribution in [3.8, 4) is 17.2 Å². The number of carbonyl (C=O) groups excluding carboxylic acids is 1. The van der Waals surface area contributed by atoms with E-state index >= 15 is 0 Å². The fourth-order valence-corrected chi connectivity index (χ4v) is 3.65. The van der Waals surface area contributed by atoms with E-state index in [0.717, 1.165) is 41.9 Å². The van der Waals surface area contributed by atoms with E-state index in [2.05, 4.69) is 47.5 Å². The molecular formula is C21H19N3O. The number of rotatable bonds is 1. The summed E-state index contributed by atoms with van der Waals surface area (Å²) in [5.74, 6) is 0.00682. The molecule has 2 aliphatic heterocycles. The third kappa shape index (κ3) is 2.32. The van der Waals surface area contributed by atoms with Crippen molar-refractivity contribution < 1.29 is 4.79 Å². The zero-order valence-electron chi connectivity index (χ0n) is 14.4. The minimum absolute atomic E-state index is 0.00682. The lowest BCUT2D eigenvalue weighted by atomic mass is 9.92. The number of anilines is 1. The second kappa shape index (κ2) is 5.78. The minimum Gasteiger partial charge on any atom is -0.389 e. The van der Waals surface area contributed by atoms with Gasteiger partial charge in [-0.3, -0.25) is 4.79 Å². The van der Waals surface area contributed by atoms with Crippen LogP contribution in [0, 0.1) is 25.2 Å². The highest BCUT2D eigenvalue weighted by Gasteiger charge is 2.37. The van der Waals surface area contributed by atoms with E-state index < -0.39 is 0 Å². The lowest BCUT2D eigenvalue weighted by Crippen LogP contribution is -2.21. The molecule has 2 heterocycles. The van der Waals surface area contributed by atoms with Gasteiger partial charge in [0.25, 0.3) is 0 Å². The molecule has 4 nitrogen and oxygen atoms in total. The summed E-state index contributed by atoms with van der Waals surface area (Å²) >= 11 is 0. The van der Waals surface area contributed by atoms with Crippen molar-refractivity contribution in [2.45, 2.75) is 20.3 Å². The summed E-state index contributed by atoms with van der Waals surface area (Å²) in [7, 11) is 0. The van der Waals surface area contributed by atoms with Gasteiger partial charge in [0, 0.05) is 24.9 Å². The molecule has 0 aliphatic carbocycles. The van der Waals surface area contributed by atoms with E-state index in [1.165, 1.54) is 5.56 Å². The summed E-state index contributed by atoms with van der Waals surface area (Å²) in [6, 6.07) is 12.4. The van der Waals surface area contributed by atoms with Crippen molar-refractivity contribution in [2.75, 3.05) is 18.0 Å². The number of benzene rings is 2. The highest BCUT2D eigenvalue weighted by Crippen LogP contribution is 2.45. The Morgan fingerprint density at radius 1 is 1.20 bits per heavy atom. The molecule has 25 heavy (non-hydrogen) atoms. The lowest BCUT2D eigenvalue weighted by molar-refractivity contribution is 0.103. The molecule has 4 rings (SSSR count). The van der Waals surface area contributed by atoms with Gasteiger partial charge in [0.15, 0.2) is 0 Å². The van der Waals surface area contributed by atoms with Crippen LogP contribution in [0.15, 0.2) is 42.2 Å². The number of allylic oxidation sites excluding steroid dienone is 1. The predicted molar refractivity (Wildman–Crippen MR) is 98.4 cm³/mol. The zero-order valence-corrected chi connectivity index (χ0v) is 14.4. The fourth-order valence-electron chi connectivity index (χ4n) is 3.65. The molecule has 4 heteroatoms. The van der Waals surface area contributed by atoms with E-state index in [1.54, 1.807) is 0 Å². The van der Waals surface area contributed by atoms with Gasteiger partial charge in [-0.1, -0.05) is 29.8 Å². The molecule has 0 fully saturated rings. The van der Waals surface area contributed by atoms with Gasteiger partial charge in [-0.15, -0.1) is 0 Å². The standard InChI is InChI=1S/C21H19N3O/c1-13-4-6-15(7-5-13)17-10-16(11-22)14(2)19-20(17)24-9-3-8-23-12-18(24)21(19)25/h4-7,10,12,23H,3,8-9H2,1-2H3. The largest absolute Gasteiger partial charge is 0.389 e. The van der Waals surface area contributed by atoms with Gasteiger partial charge in [0.05, 0.1) is 22.9 Å². The molecule has 0 unspecified atom stereocenters. The Kier molecular flexibility index (Phi) is 3.58. The highest BCUT2D eigenvalue weighted by atomic mass is 16.1. The maximum atomic E-state index is 13.1. The number of hydrogen-bond acceptors (Lipinski definition) is 4. The Hall–Kier alpha value is -3.06. The Morgan fingerprint density at radius 2 is 1.96 bits per heavy atom. The molecule has 0 atom stereocenters. The van der Waals surface area contributed by atoms with Gasteiger partial charge in [-0.05, 0) is 37.5 Å². The van der Waals surface area contributed by atoms with Crippen molar-refractivity contribution in [1.29, 1.82) is 5.26 Å². The maximum absolute atomic E-state index is 13.1. The first-order valence-electron chi connectivity index (χ1n) is 8.52. The van der Waals surface area contributed by atoms with Crippen LogP contribution in [-0.2, 0) is 0 Å². The molecule has 0 saturated carbocycles. The monoisotopic (exact) mass is 329 g/mol. The van der Waals surface area contributed by atoms with Gasteiger partial charge in [0.1, 0.15) is 5.70 Å². The number of ketones is 1. The average Bonchev–Trinajstić information content (AvgIpc) is 2.78. The van der Waals surface area contributed by atoms with E-state index in [4.69, 9.17) is 0 Å². The normalized spacial score (nSPS) is 15.6. The Morgan fingerprint density at radius 3 is 2.68 bits per heavy atom. The molecule has 124 valence electrons. The number of nitriles is 1. The van der Waals surface area contributed by atoms with Crippen LogP contribution in [0.1, 0.15) is 33.5 Å². The number of carbonyl (C=O) groups is 1. The van der Waals surface area contributed by atoms with Crippen molar-refractivity contribution in [3.05, 3.63) is 64.5 Å². The summed E-state index contributed by atoms with van der Waals surface area (Å²) in [6.45, 7) is 5.57. The third-order valence-electron chi connectivity index (χ3n) is 5.00. The van der Waals surface area contributed by atoms with Crippen LogP contribution in [0.2, 0.25) is 0 Å². The minimum atomic E-state index is 0.00682. The van der Waals surface area contributed by atoms with Crippen LogP contribution in [0.3, 0.4) is 0 Å². The lowest BCUT2D eigenvalue weighted by Gasteiger charge is -2.22. The predicted octanol–water partition coefficient (Wildman–Crippen LogP) is 3.68. The van der Waals surface area contributed by atoms with Gasteiger partial charge in [-0.25, -0.2) is 0 Å². The highest BCUT2D eigenvalue weighted by molar-refractivity contribution is 6.22. The van der Waals surface area contributed by atoms with Crippen molar-refractivity contribution in [1.82, 2.24) is 5.32 Å². The van der Waals surface area contributed by atoms with E-state index in [0.29, 0.717) is 16.8 Å². The van der Waals surface area contributed by atoms with E-state index in [1.807, 2.05) is 19.2 Å². The molecule has 1 N–H and O–H groups in total. The van der Waals surface area contributed by atoms with Gasteiger partial charge in [-0.2, -0.15) is 5.26 Å². The molecule has 0 amide bonds. The summed E-state index contributed by atoms with van der Waals surface area (Å²) in [6.07, 6.45) is 2.78. The number of hydrogen-bond donors (Lipinski definition) is 1. The number of nitrogens with zero attached hydrogens (tertiary/aromatic N) is 2. The number of nitrogens with one attached hydrogen (secondary N) is 1. The number of aryl methyl sites for hydroxylation is 1. The first-order chi connectivity index (χ1) is 12.1. The SMILES string of the molecule is Cc1ccc(-c2cc(C#N)c(C)c3c2N2CCCNC=C2C3=O)cc1. The first-order valence-corrected chi connectivity index (χ1v) is 8.52. The first kappa shape index (κ1) is 15.5. The van der Waals surface area contributed by atoms with Crippen molar-refractivity contribution in [3.63, 3.8) is 0 Å². The van der Waals surface area contributed by atoms with Crippen LogP contribution in [0.5, 0.6) is 0 Å². The van der Waals surface area contributed by atoms with E-state index in [9.17, 15) is 10.1 Å². The van der Waals surface area contributed by atoms with Crippen LogP contribution in [0.25, 0.3) is 11.1 Å². The van der Waals surface area contributed by atoms with Gasteiger partial charge in [0.2, 0.25) is 5.78 Å². The fraction of sp³-hybridized carbons (Fsp3) is 0.238. The molecule has 2 aromatic rings. The second-order valence-corrected chi connectivity index (χ2v) is 6.62. The smallest absolute Gasteiger partial charge is 0.213 e. The van der Waals surface area contributed by atoms with Crippen LogP contribution in [-0.4, -0.2) is 18.9 Å². The topological polar surface area (TPSA) is 56.1 Å². The van der Waals surface area contributed by atoms with Crippen molar-refractivity contribution >= 4 is 11.5 Å². The quantitative estimate of drug-likeness (QED) is 0.867. The number of fused-ring (bicyclic) bond motifs is 3. The Balaban J connectivity index is 2.03. The van der Waals surface area contributed by atoms with Crippen LogP contribution < -0.4 is 10.2 Å². The summed E-state index contributed by atoms with van der Waals surface area (Å²) in [4.78, 5) is 15.2. The van der Waals surface area contributed by atoms with Crippen LogP contribution >= 0.6 is 0 Å². The van der Waals surface area contributed by atoms with Crippen LogP contribution in [0.4, 0.5) is 5.69 Å².